The average Bonchev–Trinajstić information content (AvgIpc) is 3.15. The molecule has 1 amide bonds. The number of carbonyl (C=O) groups is 4. The summed E-state index contributed by atoms with van der Waals surface area (Å²) < 4.78 is 6.49. The quantitative estimate of drug-likeness (QED) is 0.0968. The number of pyridine rings is 1. The predicted octanol–water partition coefficient (Wildman–Crippen LogP) is 4.84. The number of aromatic nitrogens is 1. The molecule has 0 aliphatic heterocycles. The second-order valence-electron chi connectivity index (χ2n) is 15.6. The molecule has 294 valence electrons. The van der Waals surface area contributed by atoms with Gasteiger partial charge in [0.05, 0.1) is 35.9 Å². The second kappa shape index (κ2) is 19.0. The fourth-order valence-corrected chi connectivity index (χ4v) is 7.53. The Balaban J connectivity index is 1.75. The highest BCUT2D eigenvalue weighted by Crippen LogP contribution is 2.38. The standard InChI is InChI=1S/C42H59N5O7/c1-22(2)29(19-32(50)38(45)35(27-14-8-7-9-15-27)40(52)36(43)23(3)4)39(51)30-20-46-31(21-47-42(53)37(44)25(6)49)41(34(30)24(5)48)54-33-18-12-16-26-13-10-11-17-28(26)33/h10-13,16-18,20,22-23,25,27,29,32,35-38,49-50H,7-9,14-15,19,21,43-45H2,1-6H3,(H,47,53)/t25-,29?,32?,35?,36+,37+,38?/m1/s1. The van der Waals surface area contributed by atoms with Crippen molar-refractivity contribution < 1.29 is 34.1 Å². The molecule has 9 N–H and O–H groups in total. The molecule has 2 aromatic carbocycles. The first kappa shape index (κ1) is 42.7. The van der Waals surface area contributed by atoms with Gasteiger partial charge < -0.3 is 37.5 Å². The molecule has 12 nitrogen and oxygen atoms in total. The summed E-state index contributed by atoms with van der Waals surface area (Å²) in [7, 11) is 0. The van der Waals surface area contributed by atoms with Gasteiger partial charge in [0, 0.05) is 29.5 Å². The normalized spacial score (nSPS) is 17.7. The molecule has 0 saturated heterocycles. The van der Waals surface area contributed by atoms with Crippen LogP contribution >= 0.6 is 0 Å². The van der Waals surface area contributed by atoms with Crippen molar-refractivity contribution in [3.63, 3.8) is 0 Å². The van der Waals surface area contributed by atoms with Crippen LogP contribution in [0, 0.1) is 29.6 Å². The highest BCUT2D eigenvalue weighted by molar-refractivity contribution is 6.10. The number of fused-ring (bicyclic) bond motifs is 1. The summed E-state index contributed by atoms with van der Waals surface area (Å²) in [6, 6.07) is 10.1. The van der Waals surface area contributed by atoms with Crippen molar-refractivity contribution in [1.29, 1.82) is 0 Å². The van der Waals surface area contributed by atoms with Crippen molar-refractivity contribution in [2.45, 2.75) is 117 Å². The number of benzene rings is 2. The van der Waals surface area contributed by atoms with Gasteiger partial charge in [0.15, 0.2) is 23.1 Å². The zero-order chi connectivity index (χ0) is 39.9. The minimum atomic E-state index is -1.22. The summed E-state index contributed by atoms with van der Waals surface area (Å²) in [4.78, 5) is 59.3. The molecule has 0 bridgehead atoms. The molecule has 1 saturated carbocycles. The zero-order valence-corrected chi connectivity index (χ0v) is 32.5. The lowest BCUT2D eigenvalue weighted by Crippen LogP contribution is -2.54. The number of nitrogens with zero attached hydrogens (tertiary/aromatic N) is 1. The topological polar surface area (TPSA) is 221 Å². The van der Waals surface area contributed by atoms with Crippen molar-refractivity contribution in [2.75, 3.05) is 0 Å². The molecule has 4 unspecified atom stereocenters. The molecular formula is C42H59N5O7. The number of amides is 1. The first-order valence-electron chi connectivity index (χ1n) is 19.2. The number of aliphatic hydroxyl groups is 2. The average molecular weight is 746 g/mol. The van der Waals surface area contributed by atoms with Crippen LogP contribution in [0.2, 0.25) is 0 Å². The number of hydrogen-bond donors (Lipinski definition) is 6. The van der Waals surface area contributed by atoms with Gasteiger partial charge in [-0.05, 0) is 62.3 Å². The molecule has 7 atom stereocenters. The minimum absolute atomic E-state index is 0.00490. The summed E-state index contributed by atoms with van der Waals surface area (Å²) in [5.41, 5.74) is 19.1. The molecule has 1 aliphatic carbocycles. The smallest absolute Gasteiger partial charge is 0.239 e. The van der Waals surface area contributed by atoms with E-state index in [4.69, 9.17) is 21.9 Å². The van der Waals surface area contributed by atoms with Crippen LogP contribution in [0.4, 0.5) is 0 Å². The third-order valence-corrected chi connectivity index (χ3v) is 11.0. The molecule has 1 aromatic heterocycles. The number of Topliss-reactive ketones (excluding diaryl/α,β-unsaturated/α-hetero) is 3. The summed E-state index contributed by atoms with van der Waals surface area (Å²) in [5, 5.41) is 25.9. The van der Waals surface area contributed by atoms with Gasteiger partial charge >= 0.3 is 0 Å². The van der Waals surface area contributed by atoms with Crippen LogP contribution in [-0.2, 0) is 16.1 Å². The van der Waals surface area contributed by atoms with E-state index in [0.717, 1.165) is 42.9 Å². The molecule has 1 heterocycles. The van der Waals surface area contributed by atoms with E-state index >= 15 is 0 Å². The Hall–Kier alpha value is -4.07. The maximum absolute atomic E-state index is 14.6. The van der Waals surface area contributed by atoms with Crippen LogP contribution in [0.1, 0.15) is 106 Å². The van der Waals surface area contributed by atoms with Gasteiger partial charge in [0.1, 0.15) is 17.5 Å². The van der Waals surface area contributed by atoms with Gasteiger partial charge in [-0.2, -0.15) is 0 Å². The zero-order valence-electron chi connectivity index (χ0n) is 32.5. The summed E-state index contributed by atoms with van der Waals surface area (Å²) in [6.07, 6.45) is 3.56. The first-order valence-corrected chi connectivity index (χ1v) is 19.2. The number of hydrogen-bond acceptors (Lipinski definition) is 11. The van der Waals surface area contributed by atoms with Crippen molar-refractivity contribution >= 4 is 34.0 Å². The molecule has 1 fully saturated rings. The molecule has 3 aromatic rings. The Morgan fingerprint density at radius 3 is 2.15 bits per heavy atom. The molecule has 4 rings (SSSR count). The monoisotopic (exact) mass is 745 g/mol. The van der Waals surface area contributed by atoms with Gasteiger partial charge in [-0.25, -0.2) is 0 Å². The largest absolute Gasteiger partial charge is 0.454 e. The summed E-state index contributed by atoms with van der Waals surface area (Å²) in [6.45, 7) is 9.98. The highest BCUT2D eigenvalue weighted by Gasteiger charge is 2.42. The minimum Gasteiger partial charge on any atom is -0.454 e. The van der Waals surface area contributed by atoms with E-state index in [2.05, 4.69) is 10.3 Å². The predicted molar refractivity (Wildman–Crippen MR) is 209 cm³/mol. The van der Waals surface area contributed by atoms with E-state index < -0.39 is 59.6 Å². The number of nitrogens with one attached hydrogen (secondary N) is 1. The van der Waals surface area contributed by atoms with E-state index in [1.54, 1.807) is 12.1 Å². The van der Waals surface area contributed by atoms with E-state index in [0.29, 0.717) is 5.75 Å². The Morgan fingerprint density at radius 1 is 0.889 bits per heavy atom. The number of ether oxygens (including phenoxy) is 1. The first-order chi connectivity index (χ1) is 25.5. The van der Waals surface area contributed by atoms with Crippen LogP contribution in [0.5, 0.6) is 11.5 Å². The summed E-state index contributed by atoms with van der Waals surface area (Å²) >= 11 is 0. The molecule has 54 heavy (non-hydrogen) atoms. The number of nitrogens with two attached hydrogens (primary N) is 3. The van der Waals surface area contributed by atoms with Gasteiger partial charge in [-0.1, -0.05) is 83.4 Å². The van der Waals surface area contributed by atoms with Crippen molar-refractivity contribution in [2.24, 2.45) is 46.8 Å². The van der Waals surface area contributed by atoms with Gasteiger partial charge in [-0.15, -0.1) is 0 Å². The number of rotatable bonds is 18. The Bertz CT molecular complexity index is 1780. The van der Waals surface area contributed by atoms with E-state index in [9.17, 15) is 29.4 Å². The lowest BCUT2D eigenvalue weighted by Gasteiger charge is -2.38. The van der Waals surface area contributed by atoms with Crippen LogP contribution in [0.25, 0.3) is 10.8 Å². The third-order valence-electron chi connectivity index (χ3n) is 11.0. The lowest BCUT2D eigenvalue weighted by molar-refractivity contribution is -0.129. The molecule has 1 aliphatic rings. The number of aliphatic hydroxyl groups excluding tert-OH is 2. The van der Waals surface area contributed by atoms with E-state index in [1.165, 1.54) is 20.0 Å². The number of ketones is 3. The molecule has 0 radical (unpaired) electrons. The van der Waals surface area contributed by atoms with E-state index in [1.807, 2.05) is 58.0 Å². The SMILES string of the molecule is CC(=O)c1c(C(=O)C(CC(O)C(N)C(C(=O)[C@@H](N)C(C)C)C2CCCCC2)C(C)C)cnc(CNC(=O)[C@@H](N)[C@@H](C)O)c1Oc1cccc2ccccc12. The molecular weight excluding hydrogens is 686 g/mol. The fourth-order valence-electron chi connectivity index (χ4n) is 7.53. The van der Waals surface area contributed by atoms with Crippen LogP contribution in [-0.4, -0.2) is 68.8 Å². The number of carbonyl (C=O) groups excluding carboxylic acids is 4. The third kappa shape index (κ3) is 9.96. The van der Waals surface area contributed by atoms with Gasteiger partial charge in [-0.3, -0.25) is 24.2 Å². The summed E-state index contributed by atoms with van der Waals surface area (Å²) in [5.74, 6) is -3.23. The van der Waals surface area contributed by atoms with Gasteiger partial charge in [0.2, 0.25) is 5.91 Å². The van der Waals surface area contributed by atoms with Crippen LogP contribution < -0.4 is 27.3 Å². The van der Waals surface area contributed by atoms with E-state index in [-0.39, 0.29) is 59.1 Å². The Morgan fingerprint density at radius 2 is 1.54 bits per heavy atom. The fraction of sp³-hybridized carbons (Fsp3) is 0.548. The van der Waals surface area contributed by atoms with Gasteiger partial charge in [0.25, 0.3) is 0 Å². The maximum atomic E-state index is 14.6. The highest BCUT2D eigenvalue weighted by atomic mass is 16.5. The molecule has 0 spiro atoms. The Labute approximate surface area is 318 Å². The van der Waals surface area contributed by atoms with Crippen molar-refractivity contribution in [1.82, 2.24) is 10.3 Å². The lowest BCUT2D eigenvalue weighted by atomic mass is 9.70. The van der Waals surface area contributed by atoms with Crippen molar-refractivity contribution in [3.8, 4) is 11.5 Å². The van der Waals surface area contributed by atoms with Crippen LogP contribution in [0.3, 0.4) is 0 Å². The van der Waals surface area contributed by atoms with Crippen LogP contribution in [0.15, 0.2) is 48.7 Å². The van der Waals surface area contributed by atoms with Crippen molar-refractivity contribution in [3.05, 3.63) is 65.5 Å². The Kier molecular flexibility index (Phi) is 15.0. The maximum Gasteiger partial charge on any atom is 0.239 e. The molecule has 12 heteroatoms. The second-order valence-corrected chi connectivity index (χ2v) is 15.6.